The topological polar surface area (TPSA) is 112 Å². The second-order valence-electron chi connectivity index (χ2n) is 6.18. The lowest BCUT2D eigenvalue weighted by Gasteiger charge is -2.12. The molecule has 1 amide bonds. The molecule has 0 aliphatic carbocycles. The van der Waals surface area contributed by atoms with Crippen molar-refractivity contribution in [3.63, 3.8) is 0 Å². The summed E-state index contributed by atoms with van der Waals surface area (Å²) in [6, 6.07) is 3.36. The monoisotopic (exact) mass is 357 g/mol. The fourth-order valence-corrected chi connectivity index (χ4v) is 2.36. The average Bonchev–Trinajstić information content (AvgIpc) is 3.19. The number of nitrogens with zero attached hydrogens (tertiary/aromatic N) is 4. The largest absolute Gasteiger partial charge is 0.449 e. The first kappa shape index (κ1) is 17.6. The number of pyridine rings is 1. The fraction of sp³-hybridized carbons (Fsp3) is 0.353. The SMILES string of the molecule is Cc1cc(NC(=O)[C@@H](C)OC(=O)c2cnc3c(cnn3C(C)C)c2)no1. The highest BCUT2D eigenvalue weighted by Crippen LogP contribution is 2.17. The number of amides is 1. The van der Waals surface area contributed by atoms with Crippen LogP contribution in [0.1, 0.15) is 42.9 Å². The van der Waals surface area contributed by atoms with Gasteiger partial charge in [-0.2, -0.15) is 5.10 Å². The lowest BCUT2D eigenvalue weighted by molar-refractivity contribution is -0.123. The highest BCUT2D eigenvalue weighted by molar-refractivity contribution is 5.97. The van der Waals surface area contributed by atoms with Crippen molar-refractivity contribution < 1.29 is 18.8 Å². The van der Waals surface area contributed by atoms with E-state index in [1.807, 2.05) is 13.8 Å². The molecule has 3 aromatic heterocycles. The van der Waals surface area contributed by atoms with Crippen LogP contribution in [0.25, 0.3) is 11.0 Å². The molecular weight excluding hydrogens is 338 g/mol. The number of anilines is 1. The van der Waals surface area contributed by atoms with Crippen molar-refractivity contribution in [2.24, 2.45) is 0 Å². The number of rotatable bonds is 5. The smallest absolute Gasteiger partial charge is 0.340 e. The lowest BCUT2D eigenvalue weighted by atomic mass is 10.2. The highest BCUT2D eigenvalue weighted by Gasteiger charge is 2.21. The van der Waals surface area contributed by atoms with Crippen LogP contribution in [0.4, 0.5) is 5.82 Å². The van der Waals surface area contributed by atoms with Crippen molar-refractivity contribution in [3.05, 3.63) is 35.9 Å². The number of ether oxygens (including phenoxy) is 1. The number of fused-ring (bicyclic) bond motifs is 1. The molecule has 0 saturated heterocycles. The number of nitrogens with one attached hydrogen (secondary N) is 1. The molecule has 3 heterocycles. The zero-order valence-corrected chi connectivity index (χ0v) is 14.9. The van der Waals surface area contributed by atoms with Gasteiger partial charge in [0.05, 0.1) is 11.8 Å². The Labute approximate surface area is 149 Å². The first-order valence-corrected chi connectivity index (χ1v) is 8.13. The molecule has 0 aliphatic rings. The van der Waals surface area contributed by atoms with Crippen molar-refractivity contribution in [1.29, 1.82) is 0 Å². The molecule has 136 valence electrons. The van der Waals surface area contributed by atoms with E-state index in [2.05, 4.69) is 20.6 Å². The molecule has 0 bridgehead atoms. The molecule has 9 heteroatoms. The fourth-order valence-electron chi connectivity index (χ4n) is 2.36. The van der Waals surface area contributed by atoms with Gasteiger partial charge in [-0.1, -0.05) is 5.16 Å². The number of hydrogen-bond donors (Lipinski definition) is 1. The van der Waals surface area contributed by atoms with Crippen LogP contribution in [0.15, 0.2) is 29.0 Å². The number of aromatic nitrogens is 4. The molecule has 1 N–H and O–H groups in total. The Morgan fingerprint density at radius 2 is 2.00 bits per heavy atom. The van der Waals surface area contributed by atoms with E-state index in [4.69, 9.17) is 9.26 Å². The predicted octanol–water partition coefficient (Wildman–Crippen LogP) is 2.49. The number of esters is 1. The minimum absolute atomic E-state index is 0.154. The van der Waals surface area contributed by atoms with E-state index in [1.54, 1.807) is 29.9 Å². The third-order valence-corrected chi connectivity index (χ3v) is 3.69. The minimum atomic E-state index is -1.01. The zero-order chi connectivity index (χ0) is 18.8. The second-order valence-corrected chi connectivity index (χ2v) is 6.18. The molecule has 0 aromatic carbocycles. The second kappa shape index (κ2) is 6.95. The normalized spacial score (nSPS) is 12.3. The van der Waals surface area contributed by atoms with Crippen LogP contribution in [-0.2, 0) is 9.53 Å². The summed E-state index contributed by atoms with van der Waals surface area (Å²) in [4.78, 5) is 28.7. The molecule has 0 radical (unpaired) electrons. The quantitative estimate of drug-likeness (QED) is 0.698. The number of carbonyl (C=O) groups is 2. The molecular formula is C17H19N5O4. The summed E-state index contributed by atoms with van der Waals surface area (Å²) < 4.78 is 11.8. The number of hydrogen-bond acceptors (Lipinski definition) is 7. The van der Waals surface area contributed by atoms with Crippen molar-refractivity contribution in [3.8, 4) is 0 Å². The van der Waals surface area contributed by atoms with Gasteiger partial charge in [0.2, 0.25) is 0 Å². The third-order valence-electron chi connectivity index (χ3n) is 3.69. The zero-order valence-electron chi connectivity index (χ0n) is 14.9. The summed E-state index contributed by atoms with van der Waals surface area (Å²) in [6.07, 6.45) is 2.05. The van der Waals surface area contributed by atoms with Crippen molar-refractivity contribution in [2.75, 3.05) is 5.32 Å². The Kier molecular flexibility index (Phi) is 4.70. The maximum Gasteiger partial charge on any atom is 0.340 e. The van der Waals surface area contributed by atoms with Gasteiger partial charge in [0, 0.05) is 23.7 Å². The van der Waals surface area contributed by atoms with E-state index in [1.165, 1.54) is 13.1 Å². The Morgan fingerprint density at radius 1 is 1.23 bits per heavy atom. The average molecular weight is 357 g/mol. The summed E-state index contributed by atoms with van der Waals surface area (Å²) in [5.41, 5.74) is 0.932. The Hall–Kier alpha value is -3.23. The number of aryl methyl sites for hydroxylation is 1. The van der Waals surface area contributed by atoms with E-state index in [9.17, 15) is 9.59 Å². The Balaban J connectivity index is 1.68. The van der Waals surface area contributed by atoms with Crippen LogP contribution in [0, 0.1) is 6.92 Å². The van der Waals surface area contributed by atoms with Crippen LogP contribution in [0.2, 0.25) is 0 Å². The van der Waals surface area contributed by atoms with E-state index < -0.39 is 18.0 Å². The maximum absolute atomic E-state index is 12.3. The molecule has 0 fully saturated rings. The van der Waals surface area contributed by atoms with E-state index in [-0.39, 0.29) is 17.4 Å². The third kappa shape index (κ3) is 3.56. The van der Waals surface area contributed by atoms with Gasteiger partial charge in [-0.15, -0.1) is 0 Å². The van der Waals surface area contributed by atoms with Crippen molar-refractivity contribution in [1.82, 2.24) is 19.9 Å². The van der Waals surface area contributed by atoms with Gasteiger partial charge in [-0.05, 0) is 33.8 Å². The summed E-state index contributed by atoms with van der Waals surface area (Å²) >= 11 is 0. The molecule has 0 aliphatic heterocycles. The van der Waals surface area contributed by atoms with Gasteiger partial charge in [0.15, 0.2) is 17.6 Å². The van der Waals surface area contributed by atoms with Crippen LogP contribution >= 0.6 is 0 Å². The highest BCUT2D eigenvalue weighted by atomic mass is 16.5. The van der Waals surface area contributed by atoms with Crippen LogP contribution in [0.3, 0.4) is 0 Å². The van der Waals surface area contributed by atoms with Gasteiger partial charge in [0.25, 0.3) is 5.91 Å². The molecule has 3 rings (SSSR count). The molecule has 9 nitrogen and oxygen atoms in total. The van der Waals surface area contributed by atoms with Gasteiger partial charge < -0.3 is 14.6 Å². The van der Waals surface area contributed by atoms with E-state index >= 15 is 0 Å². The molecule has 0 unspecified atom stereocenters. The van der Waals surface area contributed by atoms with Crippen molar-refractivity contribution >= 4 is 28.7 Å². The summed E-state index contributed by atoms with van der Waals surface area (Å²) in [5, 5.41) is 11.2. The first-order chi connectivity index (χ1) is 12.3. The number of carbonyl (C=O) groups excluding carboxylic acids is 2. The Bertz CT molecular complexity index is 959. The minimum Gasteiger partial charge on any atom is -0.449 e. The maximum atomic E-state index is 12.3. The molecule has 0 saturated carbocycles. The molecule has 26 heavy (non-hydrogen) atoms. The summed E-state index contributed by atoms with van der Waals surface area (Å²) in [7, 11) is 0. The van der Waals surface area contributed by atoms with Gasteiger partial charge in [-0.25, -0.2) is 14.5 Å². The lowest BCUT2D eigenvalue weighted by Crippen LogP contribution is -2.30. The van der Waals surface area contributed by atoms with Gasteiger partial charge in [0.1, 0.15) is 5.76 Å². The standard InChI is InChI=1S/C17H19N5O4/c1-9(2)22-15-12(8-19-22)6-13(7-18-15)17(24)25-11(4)16(23)20-14-5-10(3)26-21-14/h5-9,11H,1-4H3,(H,20,21,23)/t11-/m1/s1. The van der Waals surface area contributed by atoms with Crippen LogP contribution in [0.5, 0.6) is 0 Å². The summed E-state index contributed by atoms with van der Waals surface area (Å²) in [5.74, 6) is -0.324. The van der Waals surface area contributed by atoms with Gasteiger partial charge in [-0.3, -0.25) is 4.79 Å². The Morgan fingerprint density at radius 3 is 2.65 bits per heavy atom. The van der Waals surface area contributed by atoms with Gasteiger partial charge >= 0.3 is 5.97 Å². The van der Waals surface area contributed by atoms with Crippen LogP contribution < -0.4 is 5.32 Å². The van der Waals surface area contributed by atoms with Crippen LogP contribution in [-0.4, -0.2) is 37.9 Å². The van der Waals surface area contributed by atoms with Crippen molar-refractivity contribution in [2.45, 2.75) is 39.8 Å². The molecule has 3 aromatic rings. The first-order valence-electron chi connectivity index (χ1n) is 8.13. The van der Waals surface area contributed by atoms with E-state index in [0.717, 1.165) is 5.39 Å². The molecule has 1 atom stereocenters. The predicted molar refractivity (Wildman–Crippen MR) is 92.7 cm³/mol. The summed E-state index contributed by atoms with van der Waals surface area (Å²) in [6.45, 7) is 7.17. The van der Waals surface area contributed by atoms with E-state index in [0.29, 0.717) is 11.4 Å². The molecule has 0 spiro atoms.